The van der Waals surface area contributed by atoms with E-state index < -0.39 is 39.2 Å². The summed E-state index contributed by atoms with van der Waals surface area (Å²) < 4.78 is 31.8. The van der Waals surface area contributed by atoms with Crippen LogP contribution < -0.4 is 10.0 Å². The van der Waals surface area contributed by atoms with Gasteiger partial charge in [-0.15, -0.1) is 11.3 Å². The molecule has 1 aromatic heterocycles. The number of nitro groups is 1. The fourth-order valence-electron chi connectivity index (χ4n) is 2.46. The lowest BCUT2D eigenvalue weighted by Gasteiger charge is -2.10. The van der Waals surface area contributed by atoms with Gasteiger partial charge in [0, 0.05) is 23.5 Å². The molecule has 0 bridgehead atoms. The molecule has 0 spiro atoms. The number of hydrogen-bond acceptors (Lipinski definition) is 9. The van der Waals surface area contributed by atoms with E-state index in [2.05, 4.69) is 10.0 Å². The molecule has 0 aliphatic carbocycles. The molecule has 0 unspecified atom stereocenters. The summed E-state index contributed by atoms with van der Waals surface area (Å²) in [5.74, 6) is -2.25. The van der Waals surface area contributed by atoms with E-state index in [1.165, 1.54) is 36.4 Å². The maximum absolute atomic E-state index is 12.3. The maximum Gasteiger partial charge on any atom is 0.342 e. The van der Waals surface area contributed by atoms with Crippen LogP contribution in [0, 0.1) is 10.1 Å². The molecular formula is C19H15N3O8S2. The number of hydrogen-bond donors (Lipinski definition) is 3. The number of nitro benzene ring substituents is 1. The second-order valence-corrected chi connectivity index (χ2v) is 9.05. The molecule has 0 atom stereocenters. The molecular weight excluding hydrogens is 462 g/mol. The fraction of sp³-hybridized carbons (Fsp3) is 0.0526. The van der Waals surface area contributed by atoms with Crippen molar-refractivity contribution in [1.29, 1.82) is 0 Å². The first-order valence-corrected chi connectivity index (χ1v) is 11.1. The Kier molecular flexibility index (Phi) is 6.70. The van der Waals surface area contributed by atoms with Crippen molar-refractivity contribution in [2.45, 2.75) is 4.21 Å². The van der Waals surface area contributed by atoms with E-state index in [9.17, 15) is 33.2 Å². The number of aromatic hydroxyl groups is 1. The molecule has 0 aliphatic rings. The summed E-state index contributed by atoms with van der Waals surface area (Å²) in [6.07, 6.45) is 0. The quantitative estimate of drug-likeness (QED) is 0.193. The molecule has 2 aromatic carbocycles. The van der Waals surface area contributed by atoms with Crippen molar-refractivity contribution < 1.29 is 32.8 Å². The number of carbonyl (C=O) groups excluding carboxylic acids is 2. The highest BCUT2D eigenvalue weighted by Crippen LogP contribution is 2.25. The highest BCUT2D eigenvalue weighted by Gasteiger charge is 2.19. The van der Waals surface area contributed by atoms with Gasteiger partial charge in [0.2, 0.25) is 0 Å². The first kappa shape index (κ1) is 22.7. The number of non-ortho nitro benzene ring substituents is 1. The second kappa shape index (κ2) is 9.45. The normalized spacial score (nSPS) is 10.9. The Bertz CT molecular complexity index is 1260. The first-order valence-electron chi connectivity index (χ1n) is 8.76. The van der Waals surface area contributed by atoms with Crippen LogP contribution in [-0.4, -0.2) is 36.9 Å². The fourth-order valence-corrected chi connectivity index (χ4v) is 4.50. The summed E-state index contributed by atoms with van der Waals surface area (Å²) in [4.78, 5) is 34.3. The predicted molar refractivity (Wildman–Crippen MR) is 115 cm³/mol. The Morgan fingerprint density at radius 3 is 2.41 bits per heavy atom. The smallest absolute Gasteiger partial charge is 0.342 e. The summed E-state index contributed by atoms with van der Waals surface area (Å²) in [5, 5.41) is 24.6. The molecule has 11 nitrogen and oxygen atoms in total. The van der Waals surface area contributed by atoms with Gasteiger partial charge in [0.25, 0.3) is 21.6 Å². The molecule has 3 rings (SSSR count). The third kappa shape index (κ3) is 5.59. The van der Waals surface area contributed by atoms with E-state index in [4.69, 9.17) is 4.74 Å². The number of ether oxygens (including phenoxy) is 1. The Balaban J connectivity index is 1.62. The van der Waals surface area contributed by atoms with Crippen molar-refractivity contribution in [3.05, 3.63) is 75.7 Å². The zero-order valence-electron chi connectivity index (χ0n) is 16.0. The molecule has 1 heterocycles. The van der Waals surface area contributed by atoms with E-state index in [0.29, 0.717) is 0 Å². The lowest BCUT2D eigenvalue weighted by molar-refractivity contribution is -0.384. The van der Waals surface area contributed by atoms with Gasteiger partial charge in [-0.2, -0.15) is 0 Å². The molecule has 0 fully saturated rings. The molecule has 13 heteroatoms. The summed E-state index contributed by atoms with van der Waals surface area (Å²) in [6, 6.07) is 11.5. The van der Waals surface area contributed by atoms with Gasteiger partial charge in [-0.1, -0.05) is 6.07 Å². The van der Waals surface area contributed by atoms with Crippen molar-refractivity contribution in [2.75, 3.05) is 16.6 Å². The van der Waals surface area contributed by atoms with Crippen LogP contribution in [0.4, 0.5) is 17.1 Å². The topological polar surface area (TPSA) is 165 Å². The molecule has 3 aromatic rings. The number of thiophene rings is 1. The van der Waals surface area contributed by atoms with Gasteiger partial charge in [-0.3, -0.25) is 19.6 Å². The monoisotopic (exact) mass is 477 g/mol. The SMILES string of the molecule is O=C(COC(=O)c1cc(NS(=O)(=O)c2cccs2)ccc1O)Nc1ccc([N+](=O)[O-])cc1. The van der Waals surface area contributed by atoms with Gasteiger partial charge in [0.05, 0.1) is 4.92 Å². The molecule has 0 aliphatic heterocycles. The minimum atomic E-state index is -3.87. The average Bonchev–Trinajstić information content (AvgIpc) is 3.30. The number of nitrogens with zero attached hydrogens (tertiary/aromatic N) is 1. The van der Waals surface area contributed by atoms with Crippen molar-refractivity contribution in [3.63, 3.8) is 0 Å². The number of rotatable bonds is 8. The van der Waals surface area contributed by atoms with Crippen LogP contribution in [0.15, 0.2) is 64.2 Å². The highest BCUT2D eigenvalue weighted by atomic mass is 32.2. The maximum atomic E-state index is 12.3. The highest BCUT2D eigenvalue weighted by molar-refractivity contribution is 7.94. The Morgan fingerprint density at radius 2 is 1.78 bits per heavy atom. The molecule has 0 saturated heterocycles. The lowest BCUT2D eigenvalue weighted by atomic mass is 10.2. The summed E-state index contributed by atoms with van der Waals surface area (Å²) in [6.45, 7) is -0.708. The number of phenols is 1. The number of anilines is 2. The number of carbonyl (C=O) groups is 2. The van der Waals surface area contributed by atoms with E-state index in [0.717, 1.165) is 23.5 Å². The van der Waals surface area contributed by atoms with Crippen molar-refractivity contribution >= 4 is 50.3 Å². The molecule has 0 saturated carbocycles. The Hall–Kier alpha value is -3.97. The van der Waals surface area contributed by atoms with E-state index in [1.54, 1.807) is 11.4 Å². The number of nitrogens with one attached hydrogen (secondary N) is 2. The number of benzene rings is 2. The van der Waals surface area contributed by atoms with Crippen LogP contribution in [-0.2, 0) is 19.6 Å². The average molecular weight is 477 g/mol. The molecule has 1 amide bonds. The number of phenolic OH excluding ortho intramolecular Hbond substituents is 1. The predicted octanol–water partition coefficient (Wildman–Crippen LogP) is 2.96. The van der Waals surface area contributed by atoms with E-state index >= 15 is 0 Å². The van der Waals surface area contributed by atoms with Gasteiger partial charge in [0.1, 0.15) is 15.5 Å². The van der Waals surface area contributed by atoms with E-state index in [1.807, 2.05) is 0 Å². The number of esters is 1. The van der Waals surface area contributed by atoms with E-state index in [-0.39, 0.29) is 26.8 Å². The minimum Gasteiger partial charge on any atom is -0.507 e. The van der Waals surface area contributed by atoms with Gasteiger partial charge < -0.3 is 15.2 Å². The molecule has 3 N–H and O–H groups in total. The lowest BCUT2D eigenvalue weighted by Crippen LogP contribution is -2.21. The van der Waals surface area contributed by atoms with Gasteiger partial charge in [0.15, 0.2) is 6.61 Å². The summed E-state index contributed by atoms with van der Waals surface area (Å²) >= 11 is 1.01. The zero-order chi connectivity index (χ0) is 23.3. The van der Waals surface area contributed by atoms with Crippen molar-refractivity contribution in [1.82, 2.24) is 0 Å². The number of sulfonamides is 1. The second-order valence-electron chi connectivity index (χ2n) is 6.20. The number of amides is 1. The van der Waals surface area contributed by atoms with Gasteiger partial charge in [-0.05, 0) is 41.8 Å². The standard InChI is InChI=1S/C19H15N3O8S2/c23-16-8-5-13(21-32(28,29)18-2-1-9-31-18)10-15(16)19(25)30-11-17(24)20-12-3-6-14(7-4-12)22(26)27/h1-10,21,23H,11H2,(H,20,24). The van der Waals surface area contributed by atoms with Crippen LogP contribution in [0.1, 0.15) is 10.4 Å². The zero-order valence-corrected chi connectivity index (χ0v) is 17.7. The largest absolute Gasteiger partial charge is 0.507 e. The Labute approximate surface area is 185 Å². The summed E-state index contributed by atoms with van der Waals surface area (Å²) in [7, 11) is -3.87. The molecule has 0 radical (unpaired) electrons. The minimum absolute atomic E-state index is 0.0125. The van der Waals surface area contributed by atoms with Crippen molar-refractivity contribution in [2.24, 2.45) is 0 Å². The van der Waals surface area contributed by atoms with Crippen LogP contribution in [0.5, 0.6) is 5.75 Å². The van der Waals surface area contributed by atoms with Crippen LogP contribution >= 0.6 is 11.3 Å². The van der Waals surface area contributed by atoms with Crippen molar-refractivity contribution in [3.8, 4) is 5.75 Å². The van der Waals surface area contributed by atoms with Crippen LogP contribution in [0.2, 0.25) is 0 Å². The van der Waals surface area contributed by atoms with Gasteiger partial charge in [-0.25, -0.2) is 13.2 Å². The van der Waals surface area contributed by atoms with Gasteiger partial charge >= 0.3 is 5.97 Å². The third-order valence-corrected chi connectivity index (χ3v) is 6.70. The third-order valence-electron chi connectivity index (χ3n) is 3.92. The molecule has 32 heavy (non-hydrogen) atoms. The van der Waals surface area contributed by atoms with Crippen LogP contribution in [0.25, 0.3) is 0 Å². The Morgan fingerprint density at radius 1 is 1.09 bits per heavy atom. The van der Waals surface area contributed by atoms with Crippen LogP contribution in [0.3, 0.4) is 0 Å². The first-order chi connectivity index (χ1) is 15.2. The molecule has 166 valence electrons. The summed E-state index contributed by atoms with van der Waals surface area (Å²) in [5.41, 5.74) is -0.234.